The van der Waals surface area contributed by atoms with Crippen molar-refractivity contribution >= 4 is 23.1 Å². The molecule has 0 radical (unpaired) electrons. The van der Waals surface area contributed by atoms with Crippen molar-refractivity contribution in [2.24, 2.45) is 0 Å². The van der Waals surface area contributed by atoms with Gasteiger partial charge in [-0.15, -0.1) is 0 Å². The third kappa shape index (κ3) is 5.00. The van der Waals surface area contributed by atoms with Gasteiger partial charge in [0.25, 0.3) is 0 Å². The molecular formula is C33H36N2O7. The Morgan fingerprint density at radius 2 is 1.45 bits per heavy atom. The minimum absolute atomic E-state index is 0.0519. The van der Waals surface area contributed by atoms with Gasteiger partial charge in [-0.05, 0) is 59.9 Å². The number of allylic oxidation sites excluding steroid dienone is 1. The van der Waals surface area contributed by atoms with E-state index in [1.807, 2.05) is 55.5 Å². The molecule has 5 rings (SSSR count). The van der Waals surface area contributed by atoms with E-state index in [1.54, 1.807) is 46.5 Å². The Morgan fingerprint density at radius 3 is 2.07 bits per heavy atom. The summed E-state index contributed by atoms with van der Waals surface area (Å²) in [5.41, 5.74) is 4.43. The molecule has 0 fully saturated rings. The molecule has 220 valence electrons. The molecule has 9 heteroatoms. The molecule has 0 bridgehead atoms. The standard InChI is InChI=1S/C33H36N2O7/c1-7-30(37)35-24-11-9-8-10-22(24)34-23-14-20(21-17-28(40-4)33(42-6)29(18-21)41-5)15-25(36)31(23)32(35)19-12-13-26(38-2)27(16-19)39-3/h8-13,16-18,20,32,34H,7,14-15H2,1-6H3/t20-,32-/m0/s1. The van der Waals surface area contributed by atoms with Gasteiger partial charge in [-0.1, -0.05) is 25.1 Å². The van der Waals surface area contributed by atoms with Crippen LogP contribution in [-0.2, 0) is 9.59 Å². The first-order valence-electron chi connectivity index (χ1n) is 13.8. The normalized spacial score (nSPS) is 17.9. The largest absolute Gasteiger partial charge is 0.493 e. The van der Waals surface area contributed by atoms with Crippen molar-refractivity contribution in [1.82, 2.24) is 0 Å². The fourth-order valence-electron chi connectivity index (χ4n) is 5.95. The van der Waals surface area contributed by atoms with Crippen LogP contribution >= 0.6 is 0 Å². The number of carbonyl (C=O) groups excluding carboxylic acids is 2. The molecule has 1 amide bonds. The number of ether oxygens (including phenoxy) is 5. The summed E-state index contributed by atoms with van der Waals surface area (Å²) in [4.78, 5) is 29.7. The number of ketones is 1. The van der Waals surface area contributed by atoms with Crippen LogP contribution in [0.1, 0.15) is 49.3 Å². The van der Waals surface area contributed by atoms with E-state index >= 15 is 0 Å². The number of nitrogens with zero attached hydrogens (tertiary/aromatic N) is 1. The molecule has 0 unspecified atom stereocenters. The first kappa shape index (κ1) is 28.9. The number of nitrogens with one attached hydrogen (secondary N) is 1. The molecular weight excluding hydrogens is 536 g/mol. The van der Waals surface area contributed by atoms with Crippen molar-refractivity contribution in [3.05, 3.63) is 77.0 Å². The number of rotatable bonds is 8. The van der Waals surface area contributed by atoms with E-state index in [9.17, 15) is 9.59 Å². The number of para-hydroxylation sites is 2. The van der Waals surface area contributed by atoms with Crippen LogP contribution in [0, 0.1) is 0 Å². The summed E-state index contributed by atoms with van der Waals surface area (Å²) in [6.45, 7) is 1.83. The molecule has 2 aliphatic rings. The van der Waals surface area contributed by atoms with E-state index in [1.165, 1.54) is 0 Å². The molecule has 3 aromatic rings. The van der Waals surface area contributed by atoms with Crippen LogP contribution < -0.4 is 33.9 Å². The average molecular weight is 573 g/mol. The minimum atomic E-state index is -0.670. The zero-order valence-corrected chi connectivity index (χ0v) is 24.8. The van der Waals surface area contributed by atoms with E-state index in [4.69, 9.17) is 23.7 Å². The summed E-state index contributed by atoms with van der Waals surface area (Å²) in [5, 5.41) is 3.55. The number of carbonyl (C=O) groups is 2. The molecule has 0 saturated heterocycles. The number of amides is 1. The first-order chi connectivity index (χ1) is 20.4. The topological polar surface area (TPSA) is 95.6 Å². The van der Waals surface area contributed by atoms with Gasteiger partial charge in [0.2, 0.25) is 11.7 Å². The van der Waals surface area contributed by atoms with E-state index in [0.717, 1.165) is 22.5 Å². The van der Waals surface area contributed by atoms with Gasteiger partial charge in [0, 0.05) is 24.1 Å². The molecule has 1 heterocycles. The van der Waals surface area contributed by atoms with Gasteiger partial charge in [-0.25, -0.2) is 0 Å². The van der Waals surface area contributed by atoms with Crippen LogP contribution in [0.2, 0.25) is 0 Å². The van der Waals surface area contributed by atoms with Crippen LogP contribution in [0.4, 0.5) is 11.4 Å². The summed E-state index contributed by atoms with van der Waals surface area (Å²) in [5.74, 6) is 2.32. The molecule has 9 nitrogen and oxygen atoms in total. The quantitative estimate of drug-likeness (QED) is 0.349. The average Bonchev–Trinajstić information content (AvgIpc) is 3.17. The highest BCUT2D eigenvalue weighted by molar-refractivity contribution is 6.06. The number of fused-ring (bicyclic) bond motifs is 1. The third-order valence-electron chi connectivity index (χ3n) is 7.94. The molecule has 1 aliphatic carbocycles. The van der Waals surface area contributed by atoms with Gasteiger partial charge >= 0.3 is 0 Å². The monoisotopic (exact) mass is 572 g/mol. The Hall–Kier alpha value is -4.66. The maximum Gasteiger partial charge on any atom is 0.227 e. The lowest BCUT2D eigenvalue weighted by Crippen LogP contribution is -2.38. The summed E-state index contributed by atoms with van der Waals surface area (Å²) in [6, 6.07) is 16.3. The number of methoxy groups -OCH3 is 5. The molecule has 1 N–H and O–H groups in total. The van der Waals surface area contributed by atoms with Crippen LogP contribution in [-0.4, -0.2) is 47.2 Å². The SMILES string of the molecule is CCC(=O)N1c2ccccc2NC2=C(C(=O)C[C@@H](c3cc(OC)c(OC)c(OC)c3)C2)[C@@H]1c1ccc(OC)c(OC)c1. The van der Waals surface area contributed by atoms with Gasteiger partial charge in [-0.3, -0.25) is 14.5 Å². The Bertz CT molecular complexity index is 1520. The third-order valence-corrected chi connectivity index (χ3v) is 7.94. The van der Waals surface area contributed by atoms with Gasteiger partial charge < -0.3 is 29.0 Å². The first-order valence-corrected chi connectivity index (χ1v) is 13.8. The Balaban J connectivity index is 1.70. The molecule has 0 aromatic heterocycles. The van der Waals surface area contributed by atoms with E-state index < -0.39 is 6.04 Å². The molecule has 1 aliphatic heterocycles. The smallest absolute Gasteiger partial charge is 0.227 e. The molecule has 0 spiro atoms. The fraction of sp³-hybridized carbons (Fsp3) is 0.333. The van der Waals surface area contributed by atoms with Gasteiger partial charge in [0.15, 0.2) is 28.8 Å². The van der Waals surface area contributed by atoms with Gasteiger partial charge in [-0.2, -0.15) is 0 Å². The highest BCUT2D eigenvalue weighted by Crippen LogP contribution is 2.50. The number of hydrogen-bond acceptors (Lipinski definition) is 8. The lowest BCUT2D eigenvalue weighted by Gasteiger charge is -2.35. The Labute approximate surface area is 246 Å². The highest BCUT2D eigenvalue weighted by atomic mass is 16.5. The fourth-order valence-corrected chi connectivity index (χ4v) is 5.95. The van der Waals surface area contributed by atoms with E-state index in [0.29, 0.717) is 46.4 Å². The summed E-state index contributed by atoms with van der Waals surface area (Å²) >= 11 is 0. The minimum Gasteiger partial charge on any atom is -0.493 e. The number of Topliss-reactive ketones (excluding diaryl/α,β-unsaturated/α-hetero) is 1. The number of anilines is 2. The lowest BCUT2D eigenvalue weighted by atomic mass is 9.78. The van der Waals surface area contributed by atoms with Crippen molar-refractivity contribution in [2.45, 2.75) is 38.1 Å². The van der Waals surface area contributed by atoms with Crippen LogP contribution in [0.25, 0.3) is 0 Å². The second-order valence-electron chi connectivity index (χ2n) is 10.2. The lowest BCUT2D eigenvalue weighted by molar-refractivity contribution is -0.119. The Morgan fingerprint density at radius 1 is 0.810 bits per heavy atom. The summed E-state index contributed by atoms with van der Waals surface area (Å²) in [7, 11) is 7.85. The zero-order valence-electron chi connectivity index (χ0n) is 24.8. The summed E-state index contributed by atoms with van der Waals surface area (Å²) in [6.07, 6.45) is 1.04. The van der Waals surface area contributed by atoms with Crippen LogP contribution in [0.3, 0.4) is 0 Å². The second-order valence-corrected chi connectivity index (χ2v) is 10.2. The molecule has 42 heavy (non-hydrogen) atoms. The van der Waals surface area contributed by atoms with Crippen molar-refractivity contribution in [2.75, 3.05) is 45.8 Å². The van der Waals surface area contributed by atoms with E-state index in [2.05, 4.69) is 5.32 Å². The van der Waals surface area contributed by atoms with Gasteiger partial charge in [0.05, 0.1) is 53.0 Å². The number of benzene rings is 3. The summed E-state index contributed by atoms with van der Waals surface area (Å²) < 4.78 is 27.8. The van der Waals surface area contributed by atoms with Crippen LogP contribution in [0.5, 0.6) is 28.7 Å². The molecule has 3 aromatic carbocycles. The maximum absolute atomic E-state index is 14.3. The highest BCUT2D eigenvalue weighted by Gasteiger charge is 2.41. The van der Waals surface area contributed by atoms with Crippen molar-refractivity contribution < 1.29 is 33.3 Å². The van der Waals surface area contributed by atoms with Crippen molar-refractivity contribution in [1.29, 1.82) is 0 Å². The number of hydrogen-bond donors (Lipinski definition) is 1. The van der Waals surface area contributed by atoms with Crippen LogP contribution in [0.15, 0.2) is 65.9 Å². The maximum atomic E-state index is 14.3. The second kappa shape index (κ2) is 12.1. The van der Waals surface area contributed by atoms with Crippen molar-refractivity contribution in [3.63, 3.8) is 0 Å². The van der Waals surface area contributed by atoms with Gasteiger partial charge in [0.1, 0.15) is 0 Å². The van der Waals surface area contributed by atoms with E-state index in [-0.39, 0.29) is 30.4 Å². The zero-order chi connectivity index (χ0) is 30.0. The molecule has 0 saturated carbocycles. The Kier molecular flexibility index (Phi) is 8.29. The molecule has 2 atom stereocenters. The predicted molar refractivity (Wildman–Crippen MR) is 160 cm³/mol. The van der Waals surface area contributed by atoms with Crippen molar-refractivity contribution in [3.8, 4) is 28.7 Å². The predicted octanol–water partition coefficient (Wildman–Crippen LogP) is 6.04.